The summed E-state index contributed by atoms with van der Waals surface area (Å²) in [7, 11) is 0. The van der Waals surface area contributed by atoms with E-state index in [9.17, 15) is 13.2 Å². The van der Waals surface area contributed by atoms with Gasteiger partial charge in [0.05, 0.1) is 6.07 Å². The summed E-state index contributed by atoms with van der Waals surface area (Å²) < 4.78 is 40.6. The molecule has 2 aliphatic rings. The van der Waals surface area contributed by atoms with E-state index in [1.807, 2.05) is 0 Å². The van der Waals surface area contributed by atoms with Crippen LogP contribution in [0.2, 0.25) is 0 Å². The van der Waals surface area contributed by atoms with Crippen LogP contribution >= 0.6 is 0 Å². The van der Waals surface area contributed by atoms with Crippen molar-refractivity contribution in [2.24, 2.45) is 23.7 Å². The number of unbranched alkanes of at least 4 members (excludes halogenated alkanes) is 1. The number of ether oxygens (including phenoxy) is 1. The van der Waals surface area contributed by atoms with E-state index < -0.39 is 6.36 Å². The molecule has 2 fully saturated rings. The van der Waals surface area contributed by atoms with Crippen LogP contribution in [0.1, 0.15) is 76.2 Å². The fourth-order valence-electron chi connectivity index (χ4n) is 5.56. The zero-order valence-corrected chi connectivity index (χ0v) is 18.2. The van der Waals surface area contributed by atoms with Crippen LogP contribution in [0.25, 0.3) is 0 Å². The molecule has 0 atom stereocenters. The second kappa shape index (κ2) is 11.6. The van der Waals surface area contributed by atoms with Gasteiger partial charge in [0.1, 0.15) is 5.75 Å². The number of hydrogen-bond acceptors (Lipinski definition) is 2. The van der Waals surface area contributed by atoms with Crippen molar-refractivity contribution in [2.75, 3.05) is 0 Å². The van der Waals surface area contributed by atoms with Crippen LogP contribution in [0.4, 0.5) is 13.2 Å². The van der Waals surface area contributed by atoms with Gasteiger partial charge in [0.2, 0.25) is 0 Å². The molecule has 0 bridgehead atoms. The van der Waals surface area contributed by atoms with Crippen LogP contribution in [-0.2, 0) is 6.42 Å². The minimum absolute atomic E-state index is 0.153. The van der Waals surface area contributed by atoms with Crippen LogP contribution in [0.3, 0.4) is 0 Å². The fourth-order valence-corrected chi connectivity index (χ4v) is 5.56. The summed E-state index contributed by atoms with van der Waals surface area (Å²) in [6.07, 6.45) is 14.1. The molecule has 3 rings (SSSR count). The standard InChI is InChI=1S/C26H34F3NO/c27-26(28,29)31-25-17-11-21(12-18-25)5-2-1-4-20-7-13-23(14-8-20)24-15-9-22(10-16-24)6-3-19-30/h3,6,11-12,17-18,20,22-24H,1-2,4-5,7-10,13-16H2. The first-order chi connectivity index (χ1) is 14.9. The lowest BCUT2D eigenvalue weighted by Crippen LogP contribution is -2.25. The van der Waals surface area contributed by atoms with Crippen molar-refractivity contribution in [1.82, 2.24) is 0 Å². The topological polar surface area (TPSA) is 33.0 Å². The molecule has 2 nitrogen and oxygen atoms in total. The summed E-state index contributed by atoms with van der Waals surface area (Å²) >= 11 is 0. The maximum absolute atomic E-state index is 12.2. The van der Waals surface area contributed by atoms with Gasteiger partial charge in [-0.2, -0.15) is 5.26 Å². The molecule has 1 aromatic rings. The average molecular weight is 434 g/mol. The molecule has 1 aromatic carbocycles. The van der Waals surface area contributed by atoms with Gasteiger partial charge in [-0.25, -0.2) is 0 Å². The third kappa shape index (κ3) is 8.24. The first-order valence-electron chi connectivity index (χ1n) is 11.8. The zero-order chi connectivity index (χ0) is 22.1. The van der Waals surface area contributed by atoms with Crippen molar-refractivity contribution >= 4 is 0 Å². The van der Waals surface area contributed by atoms with Gasteiger partial charge in [-0.15, -0.1) is 13.2 Å². The van der Waals surface area contributed by atoms with Crippen molar-refractivity contribution in [3.05, 3.63) is 42.0 Å². The molecule has 0 heterocycles. The van der Waals surface area contributed by atoms with Gasteiger partial charge in [-0.3, -0.25) is 0 Å². The highest BCUT2D eigenvalue weighted by molar-refractivity contribution is 5.27. The second-order valence-electron chi connectivity index (χ2n) is 9.38. The van der Waals surface area contributed by atoms with E-state index >= 15 is 0 Å². The van der Waals surface area contributed by atoms with E-state index in [0.717, 1.165) is 36.2 Å². The quantitative estimate of drug-likeness (QED) is 0.307. The maximum atomic E-state index is 12.2. The smallest absolute Gasteiger partial charge is 0.406 e. The SMILES string of the molecule is N#CC=CC1CCC(C2CCC(CCCCc3ccc(OC(F)(F)F)cc3)CC2)CC1. The van der Waals surface area contributed by atoms with Crippen LogP contribution in [-0.4, -0.2) is 6.36 Å². The van der Waals surface area contributed by atoms with E-state index in [0.29, 0.717) is 5.92 Å². The molecule has 5 heteroatoms. The Hall–Kier alpha value is -1.96. The molecule has 0 amide bonds. The summed E-state index contributed by atoms with van der Waals surface area (Å²) in [5.41, 5.74) is 1.07. The van der Waals surface area contributed by atoms with Gasteiger partial charge < -0.3 is 4.74 Å². The number of allylic oxidation sites excluding steroid dienone is 2. The number of aryl methyl sites for hydroxylation is 1. The summed E-state index contributed by atoms with van der Waals surface area (Å²) in [6, 6.07) is 8.38. The van der Waals surface area contributed by atoms with Crippen LogP contribution in [0.15, 0.2) is 36.4 Å². The highest BCUT2D eigenvalue weighted by Crippen LogP contribution is 2.42. The van der Waals surface area contributed by atoms with E-state index in [2.05, 4.69) is 16.9 Å². The summed E-state index contributed by atoms with van der Waals surface area (Å²) in [6.45, 7) is 0. The normalized spacial score (nSPS) is 27.2. The molecule has 0 radical (unpaired) electrons. The number of alkyl halides is 3. The Kier molecular flexibility index (Phi) is 8.87. The first-order valence-corrected chi connectivity index (χ1v) is 11.8. The second-order valence-corrected chi connectivity index (χ2v) is 9.38. The third-order valence-corrected chi connectivity index (χ3v) is 7.30. The Balaban J connectivity index is 1.28. The van der Waals surface area contributed by atoms with E-state index in [1.165, 1.54) is 76.3 Å². The van der Waals surface area contributed by atoms with Gasteiger partial charge in [0, 0.05) is 6.08 Å². The molecule has 2 saturated carbocycles. The molecular formula is C26H34F3NO. The summed E-state index contributed by atoms with van der Waals surface area (Å²) in [4.78, 5) is 0. The molecule has 0 N–H and O–H groups in total. The number of hydrogen-bond donors (Lipinski definition) is 0. The molecule has 0 saturated heterocycles. The monoisotopic (exact) mass is 433 g/mol. The summed E-state index contributed by atoms with van der Waals surface area (Å²) in [5, 5.41) is 8.68. The lowest BCUT2D eigenvalue weighted by atomic mass is 9.68. The third-order valence-electron chi connectivity index (χ3n) is 7.30. The predicted molar refractivity (Wildman–Crippen MR) is 116 cm³/mol. The molecule has 0 aromatic heterocycles. The lowest BCUT2D eigenvalue weighted by Gasteiger charge is -2.37. The molecule has 0 spiro atoms. The minimum atomic E-state index is -4.63. The van der Waals surface area contributed by atoms with Crippen LogP contribution in [0, 0.1) is 35.0 Å². The minimum Gasteiger partial charge on any atom is -0.406 e. The Bertz CT molecular complexity index is 719. The number of rotatable bonds is 8. The number of benzene rings is 1. The number of halogens is 3. The van der Waals surface area contributed by atoms with E-state index in [1.54, 1.807) is 18.2 Å². The van der Waals surface area contributed by atoms with E-state index in [-0.39, 0.29) is 5.75 Å². The van der Waals surface area contributed by atoms with Crippen LogP contribution < -0.4 is 4.74 Å². The first kappa shape index (κ1) is 23.7. The Morgan fingerprint density at radius 1 is 0.903 bits per heavy atom. The van der Waals surface area contributed by atoms with Crippen LogP contribution in [0.5, 0.6) is 5.75 Å². The van der Waals surface area contributed by atoms with Crippen molar-refractivity contribution < 1.29 is 17.9 Å². The van der Waals surface area contributed by atoms with Gasteiger partial charge >= 0.3 is 6.36 Å². The average Bonchev–Trinajstić information content (AvgIpc) is 2.76. The van der Waals surface area contributed by atoms with Gasteiger partial charge in [0.15, 0.2) is 0 Å². The zero-order valence-electron chi connectivity index (χ0n) is 18.2. The lowest BCUT2D eigenvalue weighted by molar-refractivity contribution is -0.274. The van der Waals surface area contributed by atoms with Crippen molar-refractivity contribution in [1.29, 1.82) is 5.26 Å². The fraction of sp³-hybridized carbons (Fsp3) is 0.654. The Morgan fingerprint density at radius 3 is 2.10 bits per heavy atom. The van der Waals surface area contributed by atoms with Crippen molar-refractivity contribution in [3.63, 3.8) is 0 Å². The molecule has 2 aliphatic carbocycles. The molecule has 0 aliphatic heterocycles. The maximum Gasteiger partial charge on any atom is 0.573 e. The van der Waals surface area contributed by atoms with Gasteiger partial charge in [-0.1, -0.05) is 43.9 Å². The van der Waals surface area contributed by atoms with Crippen molar-refractivity contribution in [2.45, 2.75) is 83.4 Å². The predicted octanol–water partition coefficient (Wildman–Crippen LogP) is 7.99. The highest BCUT2D eigenvalue weighted by Gasteiger charge is 2.31. The van der Waals surface area contributed by atoms with Gasteiger partial charge in [-0.05, 0) is 92.7 Å². The van der Waals surface area contributed by atoms with E-state index in [4.69, 9.17) is 5.26 Å². The molecular weight excluding hydrogens is 399 g/mol. The number of nitrogens with zero attached hydrogens (tertiary/aromatic N) is 1. The Morgan fingerprint density at radius 2 is 1.52 bits per heavy atom. The molecule has 31 heavy (non-hydrogen) atoms. The largest absolute Gasteiger partial charge is 0.573 e. The molecule has 170 valence electrons. The molecule has 0 unspecified atom stereocenters. The van der Waals surface area contributed by atoms with Gasteiger partial charge in [0.25, 0.3) is 0 Å². The van der Waals surface area contributed by atoms with Crippen molar-refractivity contribution in [3.8, 4) is 11.8 Å². The number of nitriles is 1. The highest BCUT2D eigenvalue weighted by atomic mass is 19.4. The Labute approximate surface area is 184 Å². The summed E-state index contributed by atoms with van der Waals surface area (Å²) in [5.74, 6) is 3.08.